The summed E-state index contributed by atoms with van der Waals surface area (Å²) in [7, 11) is 0. The summed E-state index contributed by atoms with van der Waals surface area (Å²) in [6.45, 7) is 2.00. The van der Waals surface area contributed by atoms with Crippen molar-refractivity contribution < 1.29 is 9.18 Å². The third-order valence-corrected chi connectivity index (χ3v) is 5.54. The Morgan fingerprint density at radius 3 is 2.88 bits per heavy atom. The molecule has 162 valence electrons. The van der Waals surface area contributed by atoms with Gasteiger partial charge >= 0.3 is 0 Å². The second-order valence-electron chi connectivity index (χ2n) is 8.40. The van der Waals surface area contributed by atoms with Crippen LogP contribution in [-0.2, 0) is 17.6 Å². The summed E-state index contributed by atoms with van der Waals surface area (Å²) in [6, 6.07) is 13.3. The van der Waals surface area contributed by atoms with Gasteiger partial charge in [-0.15, -0.1) is 0 Å². The first-order chi connectivity index (χ1) is 15.5. The molecule has 0 saturated heterocycles. The van der Waals surface area contributed by atoms with Gasteiger partial charge in [-0.25, -0.2) is 9.37 Å². The number of fused-ring (bicyclic) bond motifs is 1. The molecule has 3 aromatic rings. The molecule has 6 nitrogen and oxygen atoms in total. The second kappa shape index (κ2) is 8.42. The molecule has 2 aliphatic rings. The summed E-state index contributed by atoms with van der Waals surface area (Å²) in [5.41, 5.74) is 4.86. The van der Waals surface area contributed by atoms with Gasteiger partial charge in [-0.1, -0.05) is 29.8 Å². The lowest BCUT2D eigenvalue weighted by Crippen LogP contribution is -2.26. The normalized spacial score (nSPS) is 14.5. The van der Waals surface area contributed by atoms with Gasteiger partial charge in [-0.2, -0.15) is 4.98 Å². The van der Waals surface area contributed by atoms with Crippen LogP contribution in [-0.4, -0.2) is 21.9 Å². The Balaban J connectivity index is 1.28. The number of hydrogen-bond acceptors (Lipinski definition) is 5. The van der Waals surface area contributed by atoms with Crippen molar-refractivity contribution in [3.8, 4) is 0 Å². The predicted molar refractivity (Wildman–Crippen MR) is 124 cm³/mol. The predicted octanol–water partition coefficient (Wildman–Crippen LogP) is 4.88. The van der Waals surface area contributed by atoms with Gasteiger partial charge in [-0.05, 0) is 61.6 Å². The molecule has 0 atom stereocenters. The molecular weight excluding hydrogens is 405 g/mol. The lowest BCUT2D eigenvalue weighted by Gasteiger charge is -2.11. The van der Waals surface area contributed by atoms with E-state index >= 15 is 0 Å². The van der Waals surface area contributed by atoms with Gasteiger partial charge in [0.15, 0.2) is 5.82 Å². The SMILES string of the molecule is CC1=Cc2c(ccc(Nc3ccnc(Nc4cccc(CC(=O)NC5CC5)c4)n3)c2F)C1. The highest BCUT2D eigenvalue weighted by molar-refractivity contribution is 5.79. The summed E-state index contributed by atoms with van der Waals surface area (Å²) >= 11 is 0. The van der Waals surface area contributed by atoms with Crippen molar-refractivity contribution >= 4 is 35.1 Å². The molecule has 7 heteroatoms. The van der Waals surface area contributed by atoms with Crippen LogP contribution >= 0.6 is 0 Å². The van der Waals surface area contributed by atoms with Gasteiger partial charge in [0.25, 0.3) is 0 Å². The zero-order chi connectivity index (χ0) is 22.1. The van der Waals surface area contributed by atoms with Gasteiger partial charge < -0.3 is 16.0 Å². The number of hydrogen-bond donors (Lipinski definition) is 3. The molecule has 0 radical (unpaired) electrons. The number of benzene rings is 2. The van der Waals surface area contributed by atoms with Crippen molar-refractivity contribution in [2.75, 3.05) is 10.6 Å². The highest BCUT2D eigenvalue weighted by Gasteiger charge is 2.23. The van der Waals surface area contributed by atoms with Crippen LogP contribution in [0.3, 0.4) is 0 Å². The molecule has 1 amide bonds. The van der Waals surface area contributed by atoms with Gasteiger partial charge in [0.2, 0.25) is 11.9 Å². The minimum atomic E-state index is -0.273. The highest BCUT2D eigenvalue weighted by Crippen LogP contribution is 2.32. The van der Waals surface area contributed by atoms with Crippen LogP contribution in [0.1, 0.15) is 36.5 Å². The van der Waals surface area contributed by atoms with E-state index in [0.717, 1.165) is 41.6 Å². The molecule has 1 fully saturated rings. The number of allylic oxidation sites excluding steroid dienone is 1. The number of rotatable bonds is 7. The Morgan fingerprint density at radius 1 is 1.16 bits per heavy atom. The molecule has 0 unspecified atom stereocenters. The number of anilines is 4. The number of amides is 1. The monoisotopic (exact) mass is 429 g/mol. The Bertz CT molecular complexity index is 1220. The van der Waals surface area contributed by atoms with E-state index in [-0.39, 0.29) is 11.7 Å². The average molecular weight is 429 g/mol. The number of halogens is 1. The maximum atomic E-state index is 14.9. The molecule has 2 aromatic carbocycles. The van der Waals surface area contributed by atoms with E-state index in [1.165, 1.54) is 0 Å². The van der Waals surface area contributed by atoms with Crippen molar-refractivity contribution in [1.82, 2.24) is 15.3 Å². The lowest BCUT2D eigenvalue weighted by atomic mass is 10.1. The first-order valence-electron chi connectivity index (χ1n) is 10.8. The number of carbonyl (C=O) groups excluding carboxylic acids is 1. The second-order valence-corrected chi connectivity index (χ2v) is 8.40. The fourth-order valence-electron chi connectivity index (χ4n) is 3.84. The summed E-state index contributed by atoms with van der Waals surface area (Å²) < 4.78 is 14.9. The first-order valence-corrected chi connectivity index (χ1v) is 10.8. The van der Waals surface area contributed by atoms with Crippen molar-refractivity contribution in [3.63, 3.8) is 0 Å². The summed E-state index contributed by atoms with van der Waals surface area (Å²) in [6.07, 6.45) is 6.76. The van der Waals surface area contributed by atoms with E-state index in [0.29, 0.717) is 35.5 Å². The fourth-order valence-corrected chi connectivity index (χ4v) is 3.84. The highest BCUT2D eigenvalue weighted by atomic mass is 19.1. The standard InChI is InChI=1S/C25H24FN5O/c1-15-11-17-5-8-21(24(26)20(17)12-15)30-22-9-10-27-25(31-22)29-19-4-2-3-16(13-19)14-23(32)28-18-6-7-18/h2-5,8-10,12-13,18H,6-7,11,14H2,1H3,(H,28,32)(H2,27,29,30,31). The van der Waals surface area contributed by atoms with Gasteiger partial charge in [0, 0.05) is 23.5 Å². The van der Waals surface area contributed by atoms with E-state index in [9.17, 15) is 9.18 Å². The average Bonchev–Trinajstić information content (AvgIpc) is 3.48. The molecule has 3 N–H and O–H groups in total. The summed E-state index contributed by atoms with van der Waals surface area (Å²) in [5, 5.41) is 9.22. The Hall–Kier alpha value is -3.74. The smallest absolute Gasteiger partial charge is 0.229 e. The van der Waals surface area contributed by atoms with Gasteiger partial charge in [-0.3, -0.25) is 4.79 Å². The number of aromatic nitrogens is 2. The minimum Gasteiger partial charge on any atom is -0.353 e. The quantitative estimate of drug-likeness (QED) is 0.499. The Kier molecular flexibility index (Phi) is 5.31. The third-order valence-electron chi connectivity index (χ3n) is 5.54. The number of nitrogens with one attached hydrogen (secondary N) is 3. The maximum absolute atomic E-state index is 14.9. The lowest BCUT2D eigenvalue weighted by molar-refractivity contribution is -0.120. The van der Waals surface area contributed by atoms with Crippen molar-refractivity contribution in [1.29, 1.82) is 0 Å². The van der Waals surface area contributed by atoms with Gasteiger partial charge in [0.1, 0.15) is 5.82 Å². The molecule has 2 aliphatic carbocycles. The van der Waals surface area contributed by atoms with E-state index in [1.54, 1.807) is 18.3 Å². The summed E-state index contributed by atoms with van der Waals surface area (Å²) in [5.74, 6) is 0.630. The zero-order valence-corrected chi connectivity index (χ0v) is 17.8. The zero-order valence-electron chi connectivity index (χ0n) is 17.8. The minimum absolute atomic E-state index is 0.0357. The molecule has 1 aromatic heterocycles. The van der Waals surface area contributed by atoms with Crippen molar-refractivity contribution in [2.24, 2.45) is 0 Å². The molecule has 5 rings (SSSR count). The maximum Gasteiger partial charge on any atom is 0.229 e. The van der Waals surface area contributed by atoms with Crippen LogP contribution in [0.15, 0.2) is 54.2 Å². The van der Waals surface area contributed by atoms with E-state index in [2.05, 4.69) is 25.9 Å². The van der Waals surface area contributed by atoms with E-state index in [4.69, 9.17) is 0 Å². The van der Waals surface area contributed by atoms with Crippen LogP contribution in [0.25, 0.3) is 6.08 Å². The van der Waals surface area contributed by atoms with Crippen LogP contribution in [0.4, 0.5) is 27.5 Å². The molecule has 0 bridgehead atoms. The topological polar surface area (TPSA) is 78.9 Å². The molecular formula is C25H24FN5O. The van der Waals surface area contributed by atoms with E-state index in [1.807, 2.05) is 43.3 Å². The van der Waals surface area contributed by atoms with Crippen LogP contribution in [0.2, 0.25) is 0 Å². The Labute approximate surface area is 186 Å². The molecule has 32 heavy (non-hydrogen) atoms. The largest absolute Gasteiger partial charge is 0.353 e. The van der Waals surface area contributed by atoms with E-state index < -0.39 is 0 Å². The number of carbonyl (C=O) groups is 1. The molecule has 0 aliphatic heterocycles. The van der Waals surface area contributed by atoms with Crippen molar-refractivity contribution in [2.45, 2.75) is 38.6 Å². The third kappa shape index (κ3) is 4.61. The first kappa shape index (κ1) is 20.2. The molecule has 0 spiro atoms. The fraction of sp³-hybridized carbons (Fsp3) is 0.240. The molecule has 1 saturated carbocycles. The molecule has 1 heterocycles. The Morgan fingerprint density at radius 2 is 2.03 bits per heavy atom. The van der Waals surface area contributed by atoms with Crippen LogP contribution in [0, 0.1) is 5.82 Å². The van der Waals surface area contributed by atoms with Gasteiger partial charge in [0.05, 0.1) is 12.1 Å². The van der Waals surface area contributed by atoms with Crippen LogP contribution in [0.5, 0.6) is 0 Å². The van der Waals surface area contributed by atoms with Crippen LogP contribution < -0.4 is 16.0 Å². The number of nitrogens with zero attached hydrogens (tertiary/aromatic N) is 2. The summed E-state index contributed by atoms with van der Waals surface area (Å²) in [4.78, 5) is 20.8. The van der Waals surface area contributed by atoms with Crippen molar-refractivity contribution in [3.05, 3.63) is 76.7 Å².